The Morgan fingerprint density at radius 2 is 1.42 bits per heavy atom. The number of aryl methyl sites for hydroxylation is 1. The molecule has 0 heterocycles. The number of hydrogen-bond acceptors (Lipinski definition) is 5. The van der Waals surface area contributed by atoms with Crippen molar-refractivity contribution in [3.63, 3.8) is 0 Å². The number of carbonyl (C=O) groups is 2. The van der Waals surface area contributed by atoms with Crippen molar-refractivity contribution in [1.29, 1.82) is 0 Å². The molecule has 1 N–H and O–H groups in total. The normalized spacial score (nSPS) is 11.8. The van der Waals surface area contributed by atoms with Gasteiger partial charge in [-0.1, -0.05) is 91.7 Å². The zero-order valence-corrected chi connectivity index (χ0v) is 26.9. The van der Waals surface area contributed by atoms with E-state index in [9.17, 15) is 18.0 Å². The number of rotatable bonds is 15. The first-order valence-electron chi connectivity index (χ1n) is 15.1. The van der Waals surface area contributed by atoms with Crippen molar-refractivity contribution in [2.24, 2.45) is 0 Å². The minimum absolute atomic E-state index is 0.0597. The average molecular weight is 628 g/mol. The number of carbonyl (C=O) groups excluding carboxylic acids is 2. The van der Waals surface area contributed by atoms with Gasteiger partial charge in [0.05, 0.1) is 17.7 Å². The van der Waals surface area contributed by atoms with Gasteiger partial charge in [0.15, 0.2) is 0 Å². The van der Waals surface area contributed by atoms with E-state index in [1.54, 1.807) is 36.4 Å². The summed E-state index contributed by atoms with van der Waals surface area (Å²) < 4.78 is 34.6. The number of ether oxygens (including phenoxy) is 1. The molecule has 9 heteroatoms. The molecule has 4 rings (SSSR count). The van der Waals surface area contributed by atoms with Crippen LogP contribution < -0.4 is 14.4 Å². The molecule has 236 valence electrons. The molecular weight excluding hydrogens is 586 g/mol. The molecule has 0 aromatic heterocycles. The number of nitrogens with one attached hydrogen (secondary N) is 1. The zero-order chi connectivity index (χ0) is 32.2. The minimum Gasteiger partial charge on any atom is -0.497 e. The SMILES string of the molecule is CCCCNC(=O)[C@H](Cc1ccccc1)N(Cc1ccccc1)C(=O)CN(c1ccc(OC)cc1)S(=O)(=O)c1ccc(C)cc1. The first-order valence-corrected chi connectivity index (χ1v) is 16.6. The minimum atomic E-state index is -4.17. The maximum Gasteiger partial charge on any atom is 0.264 e. The van der Waals surface area contributed by atoms with Crippen molar-refractivity contribution in [3.05, 3.63) is 126 Å². The smallest absolute Gasteiger partial charge is 0.264 e. The molecule has 0 spiro atoms. The van der Waals surface area contributed by atoms with Crippen LogP contribution in [0.2, 0.25) is 0 Å². The highest BCUT2D eigenvalue weighted by Gasteiger charge is 2.34. The van der Waals surface area contributed by atoms with Crippen molar-refractivity contribution >= 4 is 27.5 Å². The van der Waals surface area contributed by atoms with Crippen LogP contribution in [0.25, 0.3) is 0 Å². The van der Waals surface area contributed by atoms with Crippen LogP contribution in [0.3, 0.4) is 0 Å². The summed E-state index contributed by atoms with van der Waals surface area (Å²) in [5.74, 6) is -0.235. The van der Waals surface area contributed by atoms with Gasteiger partial charge in [0, 0.05) is 19.5 Å². The number of sulfonamides is 1. The van der Waals surface area contributed by atoms with Crippen LogP contribution in [0.4, 0.5) is 5.69 Å². The number of benzene rings is 4. The van der Waals surface area contributed by atoms with Crippen LogP contribution in [0.15, 0.2) is 114 Å². The maximum atomic E-state index is 14.5. The summed E-state index contributed by atoms with van der Waals surface area (Å²) in [6.07, 6.45) is 1.98. The van der Waals surface area contributed by atoms with Crippen LogP contribution in [-0.4, -0.2) is 51.4 Å². The van der Waals surface area contributed by atoms with Crippen molar-refractivity contribution in [2.45, 2.75) is 50.6 Å². The second-order valence-electron chi connectivity index (χ2n) is 10.9. The first kappa shape index (κ1) is 33.3. The Balaban J connectivity index is 1.77. The lowest BCUT2D eigenvalue weighted by molar-refractivity contribution is -0.140. The number of anilines is 1. The van der Waals surface area contributed by atoms with Gasteiger partial charge in [0.2, 0.25) is 11.8 Å². The summed E-state index contributed by atoms with van der Waals surface area (Å²) in [5.41, 5.74) is 2.92. The topological polar surface area (TPSA) is 96.0 Å². The highest BCUT2D eigenvalue weighted by atomic mass is 32.2. The van der Waals surface area contributed by atoms with E-state index in [-0.39, 0.29) is 23.8 Å². The third-order valence-electron chi connectivity index (χ3n) is 7.54. The van der Waals surface area contributed by atoms with Gasteiger partial charge in [-0.15, -0.1) is 0 Å². The van der Waals surface area contributed by atoms with Crippen molar-refractivity contribution in [2.75, 3.05) is 24.5 Å². The molecular formula is C36H41N3O5S. The second-order valence-corrected chi connectivity index (χ2v) is 12.7. The molecule has 0 radical (unpaired) electrons. The van der Waals surface area contributed by atoms with E-state index in [4.69, 9.17) is 4.74 Å². The summed E-state index contributed by atoms with van der Waals surface area (Å²) in [5, 5.41) is 3.01. The second kappa shape index (κ2) is 15.9. The number of hydrogen-bond donors (Lipinski definition) is 1. The lowest BCUT2D eigenvalue weighted by Crippen LogP contribution is -2.53. The highest BCUT2D eigenvalue weighted by molar-refractivity contribution is 7.92. The average Bonchev–Trinajstić information content (AvgIpc) is 3.06. The van der Waals surface area contributed by atoms with Gasteiger partial charge in [0.25, 0.3) is 10.0 Å². The largest absolute Gasteiger partial charge is 0.497 e. The zero-order valence-electron chi connectivity index (χ0n) is 26.1. The molecule has 8 nitrogen and oxygen atoms in total. The molecule has 0 saturated heterocycles. The van der Waals surface area contributed by atoms with Crippen molar-refractivity contribution in [1.82, 2.24) is 10.2 Å². The third kappa shape index (κ3) is 8.95. The molecule has 0 aliphatic heterocycles. The van der Waals surface area contributed by atoms with Gasteiger partial charge in [0.1, 0.15) is 18.3 Å². The number of methoxy groups -OCH3 is 1. The van der Waals surface area contributed by atoms with Crippen LogP contribution in [-0.2, 0) is 32.6 Å². The fourth-order valence-electron chi connectivity index (χ4n) is 4.95. The molecule has 1 atom stereocenters. The lowest BCUT2D eigenvalue weighted by Gasteiger charge is -2.34. The van der Waals surface area contributed by atoms with E-state index in [0.29, 0.717) is 18.0 Å². The van der Waals surface area contributed by atoms with Gasteiger partial charge in [-0.05, 0) is 60.9 Å². The summed E-state index contributed by atoms with van der Waals surface area (Å²) in [7, 11) is -2.64. The third-order valence-corrected chi connectivity index (χ3v) is 9.33. The van der Waals surface area contributed by atoms with Crippen LogP contribution in [0, 0.1) is 6.92 Å². The van der Waals surface area contributed by atoms with Crippen LogP contribution in [0.5, 0.6) is 5.75 Å². The quantitative estimate of drug-likeness (QED) is 0.169. The Hall–Kier alpha value is -4.63. The van der Waals surface area contributed by atoms with E-state index < -0.39 is 28.5 Å². The molecule has 4 aromatic rings. The predicted octanol–water partition coefficient (Wildman–Crippen LogP) is 5.76. The standard InChI is InChI=1S/C36H41N3O5S/c1-4-5-24-37-36(41)34(25-29-12-8-6-9-13-29)38(26-30-14-10-7-11-15-30)35(40)27-39(31-18-20-32(44-3)21-19-31)45(42,43)33-22-16-28(2)17-23-33/h6-23,34H,4-5,24-27H2,1-3H3,(H,37,41)/t34-/m0/s1. The Morgan fingerprint density at radius 1 is 0.822 bits per heavy atom. The molecule has 0 aliphatic carbocycles. The van der Waals surface area contributed by atoms with Gasteiger partial charge in [-0.3, -0.25) is 13.9 Å². The van der Waals surface area contributed by atoms with Crippen molar-refractivity contribution < 1.29 is 22.7 Å². The molecule has 4 aromatic carbocycles. The van der Waals surface area contributed by atoms with E-state index >= 15 is 0 Å². The van der Waals surface area contributed by atoms with Crippen LogP contribution >= 0.6 is 0 Å². The Kier molecular flexibility index (Phi) is 11.8. The van der Waals surface area contributed by atoms with Gasteiger partial charge >= 0.3 is 0 Å². The fourth-order valence-corrected chi connectivity index (χ4v) is 6.37. The number of nitrogens with zero attached hydrogens (tertiary/aromatic N) is 2. The van der Waals surface area contributed by atoms with E-state index in [1.807, 2.05) is 74.5 Å². The molecule has 0 saturated carbocycles. The maximum absolute atomic E-state index is 14.5. The fraction of sp³-hybridized carbons (Fsp3) is 0.278. The lowest BCUT2D eigenvalue weighted by atomic mass is 10.0. The molecule has 0 bridgehead atoms. The molecule has 0 fully saturated rings. The highest BCUT2D eigenvalue weighted by Crippen LogP contribution is 2.27. The van der Waals surface area contributed by atoms with E-state index in [0.717, 1.165) is 33.8 Å². The first-order chi connectivity index (χ1) is 21.7. The Labute approximate surface area is 266 Å². The van der Waals surface area contributed by atoms with Gasteiger partial charge in [-0.25, -0.2) is 8.42 Å². The van der Waals surface area contributed by atoms with E-state index in [2.05, 4.69) is 5.32 Å². The summed E-state index contributed by atoms with van der Waals surface area (Å²) in [6.45, 7) is 4.01. The summed E-state index contributed by atoms with van der Waals surface area (Å²) in [4.78, 5) is 29.8. The monoisotopic (exact) mass is 627 g/mol. The number of amides is 2. The summed E-state index contributed by atoms with van der Waals surface area (Å²) >= 11 is 0. The Morgan fingerprint density at radius 3 is 2.00 bits per heavy atom. The summed E-state index contributed by atoms with van der Waals surface area (Å²) in [6, 6.07) is 31.1. The number of unbranched alkanes of at least 4 members (excludes halogenated alkanes) is 1. The van der Waals surface area contributed by atoms with E-state index in [1.165, 1.54) is 24.1 Å². The van der Waals surface area contributed by atoms with Crippen LogP contribution in [0.1, 0.15) is 36.5 Å². The van der Waals surface area contributed by atoms with Gasteiger partial charge < -0.3 is 15.0 Å². The van der Waals surface area contributed by atoms with Crippen molar-refractivity contribution in [3.8, 4) is 5.75 Å². The van der Waals surface area contributed by atoms with Gasteiger partial charge in [-0.2, -0.15) is 0 Å². The Bertz CT molecular complexity index is 1630. The molecule has 0 unspecified atom stereocenters. The molecule has 0 aliphatic rings. The molecule has 45 heavy (non-hydrogen) atoms. The predicted molar refractivity (Wildman–Crippen MR) is 178 cm³/mol. The molecule has 2 amide bonds.